The van der Waals surface area contributed by atoms with Crippen LogP contribution in [0.25, 0.3) is 0 Å². The number of rotatable bonds is 2. The molecule has 0 saturated carbocycles. The molecule has 9 heavy (non-hydrogen) atoms. The molecule has 0 aliphatic heterocycles. The molecule has 0 amide bonds. The molecule has 0 saturated heterocycles. The summed E-state index contributed by atoms with van der Waals surface area (Å²) < 4.78 is 0. The molecule has 0 spiro atoms. The third kappa shape index (κ3) is 40.7. The van der Waals surface area contributed by atoms with Gasteiger partial charge in [-0.25, -0.2) is 0 Å². The summed E-state index contributed by atoms with van der Waals surface area (Å²) in [5, 5.41) is 15.4. The van der Waals surface area contributed by atoms with Crippen LogP contribution >= 0.6 is 0 Å². The molecule has 0 fully saturated rings. The molecular formula is C6H12O3. The van der Waals surface area contributed by atoms with Gasteiger partial charge in [0.2, 0.25) is 0 Å². The summed E-state index contributed by atoms with van der Waals surface area (Å²) in [6.45, 7) is 5.15. The number of hydrogen-bond acceptors (Lipinski definition) is 2. The van der Waals surface area contributed by atoms with E-state index in [9.17, 15) is 4.79 Å². The molecule has 0 aromatic rings. The van der Waals surface area contributed by atoms with E-state index in [1.54, 1.807) is 6.92 Å². The highest BCUT2D eigenvalue weighted by molar-refractivity contribution is 5.68. The largest absolute Gasteiger partial charge is 0.481 e. The molecule has 3 nitrogen and oxygen atoms in total. The Hall–Kier alpha value is -0.830. The molecule has 0 atom stereocenters. The summed E-state index contributed by atoms with van der Waals surface area (Å²) in [4.78, 5) is 9.53. The molecule has 0 bridgehead atoms. The van der Waals surface area contributed by atoms with Gasteiger partial charge in [0.1, 0.15) is 0 Å². The van der Waals surface area contributed by atoms with Crippen LogP contribution in [0.5, 0.6) is 0 Å². The second-order valence-electron chi connectivity index (χ2n) is 1.20. The van der Waals surface area contributed by atoms with Crippen LogP contribution in [0.15, 0.2) is 12.7 Å². The molecule has 0 aromatic carbocycles. The van der Waals surface area contributed by atoms with Crippen LogP contribution < -0.4 is 0 Å². The molecule has 0 radical (unpaired) electrons. The van der Waals surface area contributed by atoms with E-state index in [0.29, 0.717) is 0 Å². The Bertz CT molecular complexity index is 78.4. The highest BCUT2D eigenvalue weighted by Crippen LogP contribution is 1.74. The number of carboxylic acid groups (broad SMARTS) is 1. The van der Waals surface area contributed by atoms with Crippen molar-refractivity contribution in [1.29, 1.82) is 0 Å². The van der Waals surface area contributed by atoms with Gasteiger partial charge >= 0.3 is 5.97 Å². The highest BCUT2D eigenvalue weighted by Gasteiger charge is 1.84. The van der Waals surface area contributed by atoms with Crippen molar-refractivity contribution in [3.05, 3.63) is 12.7 Å². The monoisotopic (exact) mass is 132 g/mol. The maximum atomic E-state index is 9.53. The highest BCUT2D eigenvalue weighted by atomic mass is 16.4. The Kier molecular flexibility index (Phi) is 12.5. The third-order valence-corrected chi connectivity index (χ3v) is 0.319. The van der Waals surface area contributed by atoms with E-state index >= 15 is 0 Å². The molecule has 0 heterocycles. The Morgan fingerprint density at radius 1 is 1.78 bits per heavy atom. The van der Waals surface area contributed by atoms with Gasteiger partial charge in [-0.2, -0.15) is 0 Å². The second-order valence-corrected chi connectivity index (χ2v) is 1.20. The predicted molar refractivity (Wildman–Crippen MR) is 35.2 cm³/mol. The first-order valence-corrected chi connectivity index (χ1v) is 2.62. The zero-order valence-electron chi connectivity index (χ0n) is 5.50. The van der Waals surface area contributed by atoms with Crippen LogP contribution in [0, 0.1) is 0 Å². The van der Waals surface area contributed by atoms with Gasteiger partial charge in [0, 0.05) is 6.61 Å². The Balaban J connectivity index is 0. The SMILES string of the molecule is C=CCC(=O)O.CCO. The van der Waals surface area contributed by atoms with Crippen LogP contribution in [0.3, 0.4) is 0 Å². The smallest absolute Gasteiger partial charge is 0.307 e. The topological polar surface area (TPSA) is 57.5 Å². The van der Waals surface area contributed by atoms with Crippen molar-refractivity contribution in [3.63, 3.8) is 0 Å². The Morgan fingerprint density at radius 3 is 2.11 bits per heavy atom. The standard InChI is InChI=1S/C4H6O2.C2H6O/c1-2-3-4(5)6;1-2-3/h2H,1,3H2,(H,5,6);3H,2H2,1H3. The average Bonchev–Trinajstić information content (AvgIpc) is 1.67. The molecule has 2 N–H and O–H groups in total. The van der Waals surface area contributed by atoms with Crippen LogP contribution in [-0.4, -0.2) is 22.8 Å². The summed E-state index contributed by atoms with van der Waals surface area (Å²) in [5.41, 5.74) is 0. The molecule has 54 valence electrons. The van der Waals surface area contributed by atoms with Crippen LogP contribution in [0.2, 0.25) is 0 Å². The predicted octanol–water partition coefficient (Wildman–Crippen LogP) is 0.646. The third-order valence-electron chi connectivity index (χ3n) is 0.319. The number of aliphatic hydroxyl groups excluding tert-OH is 1. The minimum Gasteiger partial charge on any atom is -0.481 e. The normalized spacial score (nSPS) is 6.89. The van der Waals surface area contributed by atoms with Crippen molar-refractivity contribution < 1.29 is 15.0 Å². The van der Waals surface area contributed by atoms with Crippen LogP contribution in [-0.2, 0) is 4.79 Å². The second kappa shape index (κ2) is 10.2. The van der Waals surface area contributed by atoms with Gasteiger partial charge in [-0.05, 0) is 6.92 Å². The van der Waals surface area contributed by atoms with Crippen LogP contribution in [0.1, 0.15) is 13.3 Å². The van der Waals surface area contributed by atoms with Gasteiger partial charge in [0.25, 0.3) is 0 Å². The summed E-state index contributed by atoms with van der Waals surface area (Å²) in [7, 11) is 0. The molecule has 0 aliphatic rings. The minimum absolute atomic E-state index is 0.0556. The lowest BCUT2D eigenvalue weighted by molar-refractivity contribution is -0.135. The lowest BCUT2D eigenvalue weighted by Crippen LogP contribution is -1.88. The van der Waals surface area contributed by atoms with Crippen molar-refractivity contribution in [2.75, 3.05) is 6.61 Å². The van der Waals surface area contributed by atoms with Crippen molar-refractivity contribution in [2.45, 2.75) is 13.3 Å². The van der Waals surface area contributed by atoms with Gasteiger partial charge < -0.3 is 10.2 Å². The van der Waals surface area contributed by atoms with Gasteiger partial charge in [-0.1, -0.05) is 6.08 Å². The zero-order chi connectivity index (χ0) is 7.70. The fraction of sp³-hybridized carbons (Fsp3) is 0.500. The van der Waals surface area contributed by atoms with Gasteiger partial charge in [-0.15, -0.1) is 6.58 Å². The van der Waals surface area contributed by atoms with Crippen molar-refractivity contribution in [3.8, 4) is 0 Å². The molecule has 3 heteroatoms. The number of carbonyl (C=O) groups is 1. The van der Waals surface area contributed by atoms with E-state index in [0.717, 1.165) is 0 Å². The van der Waals surface area contributed by atoms with Crippen LogP contribution in [0.4, 0.5) is 0 Å². The maximum Gasteiger partial charge on any atom is 0.307 e. The molecular weight excluding hydrogens is 120 g/mol. The minimum atomic E-state index is -0.829. The van der Waals surface area contributed by atoms with Gasteiger partial charge in [0.05, 0.1) is 6.42 Å². The Labute approximate surface area is 54.6 Å². The average molecular weight is 132 g/mol. The number of carboxylic acids is 1. The first-order chi connectivity index (χ1) is 4.18. The quantitative estimate of drug-likeness (QED) is 0.542. The molecule has 0 aliphatic carbocycles. The van der Waals surface area contributed by atoms with Gasteiger partial charge in [-0.3, -0.25) is 4.79 Å². The van der Waals surface area contributed by atoms with E-state index < -0.39 is 5.97 Å². The first kappa shape index (κ1) is 11.0. The fourth-order valence-corrected chi connectivity index (χ4v) is 0.123. The van der Waals surface area contributed by atoms with E-state index in [1.165, 1.54) is 6.08 Å². The fourth-order valence-electron chi connectivity index (χ4n) is 0.123. The lowest BCUT2D eigenvalue weighted by atomic mass is 10.4. The molecule has 0 unspecified atom stereocenters. The van der Waals surface area contributed by atoms with E-state index in [-0.39, 0.29) is 13.0 Å². The first-order valence-electron chi connectivity index (χ1n) is 2.62. The lowest BCUT2D eigenvalue weighted by Gasteiger charge is -1.75. The van der Waals surface area contributed by atoms with Gasteiger partial charge in [0.15, 0.2) is 0 Å². The summed E-state index contributed by atoms with van der Waals surface area (Å²) in [6.07, 6.45) is 1.41. The summed E-state index contributed by atoms with van der Waals surface area (Å²) >= 11 is 0. The number of hydrogen-bond donors (Lipinski definition) is 2. The van der Waals surface area contributed by atoms with Crippen molar-refractivity contribution in [2.24, 2.45) is 0 Å². The summed E-state index contributed by atoms with van der Waals surface area (Å²) in [5.74, 6) is -0.829. The Morgan fingerprint density at radius 2 is 2.11 bits per heavy atom. The maximum absolute atomic E-state index is 9.53. The molecule has 0 aromatic heterocycles. The van der Waals surface area contributed by atoms with E-state index in [2.05, 4.69) is 6.58 Å². The zero-order valence-corrected chi connectivity index (χ0v) is 5.50. The molecule has 0 rings (SSSR count). The summed E-state index contributed by atoms with van der Waals surface area (Å²) in [6, 6.07) is 0. The number of aliphatic hydroxyl groups is 1. The van der Waals surface area contributed by atoms with E-state index in [4.69, 9.17) is 10.2 Å². The number of aliphatic carboxylic acids is 1. The van der Waals surface area contributed by atoms with Crippen molar-refractivity contribution >= 4 is 5.97 Å². The van der Waals surface area contributed by atoms with E-state index in [1.807, 2.05) is 0 Å². The van der Waals surface area contributed by atoms with Crippen molar-refractivity contribution in [1.82, 2.24) is 0 Å².